The highest BCUT2D eigenvalue weighted by atomic mass is 35.5. The van der Waals surface area contributed by atoms with Crippen LogP contribution >= 0.6 is 46.4 Å². The second-order valence-electron chi connectivity index (χ2n) is 9.78. The Kier molecular flexibility index (Phi) is 13.2. The summed E-state index contributed by atoms with van der Waals surface area (Å²) >= 11 is 24.9. The molecule has 2 amide bonds. The molecule has 0 saturated carbocycles. The van der Waals surface area contributed by atoms with Gasteiger partial charge in [-0.15, -0.1) is 11.6 Å². The van der Waals surface area contributed by atoms with Crippen molar-refractivity contribution in [2.75, 3.05) is 15.6 Å². The number of amidine groups is 1. The summed E-state index contributed by atoms with van der Waals surface area (Å²) in [7, 11) is 0. The van der Waals surface area contributed by atoms with E-state index in [1.807, 2.05) is 6.07 Å². The maximum atomic E-state index is 12.6. The number of hydrogen-bond acceptors (Lipinski definition) is 4. The molecular formula is C29H36Cl4N4O2. The van der Waals surface area contributed by atoms with Crippen LogP contribution in [0.2, 0.25) is 15.1 Å². The molecule has 2 aromatic carbocycles. The van der Waals surface area contributed by atoms with Gasteiger partial charge in [-0.3, -0.25) is 9.59 Å². The number of carbonyl (C=O) groups excluding carboxylic acids is 2. The topological polar surface area (TPSA) is 73.8 Å². The lowest BCUT2D eigenvalue weighted by atomic mass is 10.1. The molecule has 10 heteroatoms. The van der Waals surface area contributed by atoms with Gasteiger partial charge in [-0.05, 0) is 36.8 Å². The summed E-state index contributed by atoms with van der Waals surface area (Å²) in [5.74, 6) is -0.0944. The third kappa shape index (κ3) is 10.2. The highest BCUT2D eigenvalue weighted by Gasteiger charge is 2.29. The number of carbonyl (C=O) groups is 2. The molecule has 1 aliphatic rings. The average Bonchev–Trinajstić information content (AvgIpc) is 3.23. The number of alkyl halides is 1. The zero-order valence-electron chi connectivity index (χ0n) is 22.2. The third-order valence-electron chi connectivity index (χ3n) is 6.48. The van der Waals surface area contributed by atoms with Crippen molar-refractivity contribution in [2.45, 2.75) is 89.4 Å². The molecule has 0 fully saturated rings. The van der Waals surface area contributed by atoms with Crippen LogP contribution in [0.3, 0.4) is 0 Å². The fourth-order valence-corrected chi connectivity index (χ4v) is 5.60. The number of rotatable bonds is 15. The molecule has 212 valence electrons. The number of anilines is 3. The zero-order valence-corrected chi connectivity index (χ0v) is 25.3. The van der Waals surface area contributed by atoms with E-state index in [1.54, 1.807) is 18.2 Å². The number of nitrogens with zero attached hydrogens (tertiary/aromatic N) is 2. The van der Waals surface area contributed by atoms with Crippen LogP contribution in [-0.2, 0) is 9.59 Å². The van der Waals surface area contributed by atoms with Crippen LogP contribution in [0.4, 0.5) is 17.1 Å². The molecule has 0 spiro atoms. The SMILES string of the molecule is CCCCCCCCCCCCC(Cl)C(=O)Nc1cccc(NC2=NN(c3c(Cl)cc(Cl)cc3Cl)C(=O)C2)c1. The minimum Gasteiger partial charge on any atom is -0.342 e. The monoisotopic (exact) mass is 612 g/mol. The second-order valence-corrected chi connectivity index (χ2v) is 11.6. The fourth-order valence-electron chi connectivity index (χ4n) is 4.41. The van der Waals surface area contributed by atoms with Crippen LogP contribution < -0.4 is 15.6 Å². The molecule has 0 aromatic heterocycles. The molecule has 0 radical (unpaired) electrons. The normalized spacial score (nSPS) is 13.9. The summed E-state index contributed by atoms with van der Waals surface area (Å²) in [5, 5.41) is 11.8. The van der Waals surface area contributed by atoms with Gasteiger partial charge in [0.2, 0.25) is 5.91 Å². The summed E-state index contributed by atoms with van der Waals surface area (Å²) < 4.78 is 0. The molecule has 2 N–H and O–H groups in total. The maximum Gasteiger partial charge on any atom is 0.255 e. The zero-order chi connectivity index (χ0) is 28.2. The Balaban J connectivity index is 1.45. The summed E-state index contributed by atoms with van der Waals surface area (Å²) in [4.78, 5) is 25.2. The first-order valence-electron chi connectivity index (χ1n) is 13.7. The Morgan fingerprint density at radius 2 is 1.51 bits per heavy atom. The van der Waals surface area contributed by atoms with Crippen molar-refractivity contribution in [3.05, 3.63) is 51.5 Å². The van der Waals surface area contributed by atoms with Crippen molar-refractivity contribution in [3.63, 3.8) is 0 Å². The van der Waals surface area contributed by atoms with Gasteiger partial charge in [0.05, 0.1) is 16.5 Å². The first-order chi connectivity index (χ1) is 18.8. The van der Waals surface area contributed by atoms with E-state index < -0.39 is 5.38 Å². The van der Waals surface area contributed by atoms with E-state index in [0.717, 1.165) is 12.8 Å². The van der Waals surface area contributed by atoms with E-state index in [1.165, 1.54) is 68.5 Å². The van der Waals surface area contributed by atoms with Gasteiger partial charge in [-0.2, -0.15) is 10.1 Å². The lowest BCUT2D eigenvalue weighted by Crippen LogP contribution is -2.23. The van der Waals surface area contributed by atoms with E-state index >= 15 is 0 Å². The fraction of sp³-hybridized carbons (Fsp3) is 0.483. The largest absolute Gasteiger partial charge is 0.342 e. The van der Waals surface area contributed by atoms with Gasteiger partial charge in [0.1, 0.15) is 16.9 Å². The van der Waals surface area contributed by atoms with Crippen molar-refractivity contribution in [2.24, 2.45) is 5.10 Å². The van der Waals surface area contributed by atoms with Crippen LogP contribution in [0.15, 0.2) is 41.5 Å². The quantitative estimate of drug-likeness (QED) is 0.155. The summed E-state index contributed by atoms with van der Waals surface area (Å²) in [6.07, 6.45) is 13.1. The third-order valence-corrected chi connectivity index (χ3v) is 7.69. The lowest BCUT2D eigenvalue weighted by molar-refractivity contribution is -0.117. The van der Waals surface area contributed by atoms with Gasteiger partial charge in [0.15, 0.2) is 0 Å². The van der Waals surface area contributed by atoms with Gasteiger partial charge in [0, 0.05) is 16.4 Å². The molecule has 39 heavy (non-hydrogen) atoms. The Labute approximate surface area is 251 Å². The number of amides is 2. The molecule has 0 aliphatic carbocycles. The molecule has 0 saturated heterocycles. The summed E-state index contributed by atoms with van der Waals surface area (Å²) in [5.41, 5.74) is 1.54. The van der Waals surface area contributed by atoms with Crippen molar-refractivity contribution in [1.29, 1.82) is 0 Å². The van der Waals surface area contributed by atoms with E-state index in [0.29, 0.717) is 28.7 Å². The molecule has 1 unspecified atom stereocenters. The number of unbranched alkanes of at least 4 members (excludes halogenated alkanes) is 9. The van der Waals surface area contributed by atoms with Gasteiger partial charge in [-0.25, -0.2) is 0 Å². The summed E-state index contributed by atoms with van der Waals surface area (Å²) in [6.45, 7) is 2.24. The smallest absolute Gasteiger partial charge is 0.255 e. The number of benzene rings is 2. The summed E-state index contributed by atoms with van der Waals surface area (Å²) in [6, 6.07) is 10.2. The van der Waals surface area contributed by atoms with Gasteiger partial charge < -0.3 is 10.6 Å². The standard InChI is InChI=1S/C29H36Cl4N4O2/c1-2-3-4-5-6-7-8-9-10-11-15-23(31)29(39)35-22-14-12-13-21(18-22)34-26-19-27(38)37(36-26)28-24(32)16-20(30)17-25(28)33/h12-14,16-18,23H,2-11,15,19H2,1H3,(H,34,36)(H,35,39). The number of hydrogen-bond donors (Lipinski definition) is 2. The maximum absolute atomic E-state index is 12.6. The first kappa shape index (κ1) is 31.5. The van der Waals surface area contributed by atoms with Gasteiger partial charge >= 0.3 is 0 Å². The first-order valence-corrected chi connectivity index (χ1v) is 15.2. The number of nitrogens with one attached hydrogen (secondary N) is 2. The Bertz CT molecular complexity index is 1130. The van der Waals surface area contributed by atoms with Crippen molar-refractivity contribution < 1.29 is 9.59 Å². The minimum absolute atomic E-state index is 0.0362. The Morgan fingerprint density at radius 3 is 2.15 bits per heavy atom. The van der Waals surface area contributed by atoms with Crippen molar-refractivity contribution >= 4 is 81.1 Å². The average molecular weight is 614 g/mol. The molecule has 3 rings (SSSR count). The predicted molar refractivity (Wildman–Crippen MR) is 166 cm³/mol. The highest BCUT2D eigenvalue weighted by Crippen LogP contribution is 2.38. The molecular weight excluding hydrogens is 578 g/mol. The van der Waals surface area contributed by atoms with Crippen LogP contribution in [-0.4, -0.2) is 23.0 Å². The minimum atomic E-state index is -0.588. The van der Waals surface area contributed by atoms with Gasteiger partial charge in [-0.1, -0.05) is 112 Å². The predicted octanol–water partition coefficient (Wildman–Crippen LogP) is 9.67. The van der Waals surface area contributed by atoms with E-state index in [-0.39, 0.29) is 34.0 Å². The molecule has 6 nitrogen and oxygen atoms in total. The van der Waals surface area contributed by atoms with Crippen LogP contribution in [0.5, 0.6) is 0 Å². The van der Waals surface area contributed by atoms with Crippen molar-refractivity contribution in [3.8, 4) is 0 Å². The Hall–Kier alpha value is -1.99. The highest BCUT2D eigenvalue weighted by molar-refractivity contribution is 6.42. The van der Waals surface area contributed by atoms with E-state index in [4.69, 9.17) is 46.4 Å². The van der Waals surface area contributed by atoms with Crippen molar-refractivity contribution in [1.82, 2.24) is 0 Å². The van der Waals surface area contributed by atoms with Crippen LogP contribution in [0.25, 0.3) is 0 Å². The molecule has 2 aromatic rings. The molecule has 0 bridgehead atoms. The van der Waals surface area contributed by atoms with E-state index in [9.17, 15) is 9.59 Å². The number of halogens is 4. The molecule has 1 aliphatic heterocycles. The number of hydrazone groups is 1. The van der Waals surface area contributed by atoms with Gasteiger partial charge in [0.25, 0.3) is 5.91 Å². The van der Waals surface area contributed by atoms with Crippen LogP contribution in [0, 0.1) is 0 Å². The lowest BCUT2D eigenvalue weighted by Gasteiger charge is -2.15. The van der Waals surface area contributed by atoms with E-state index in [2.05, 4.69) is 22.7 Å². The van der Waals surface area contributed by atoms with Crippen LogP contribution in [0.1, 0.15) is 84.0 Å². The molecule has 1 atom stereocenters. The Morgan fingerprint density at radius 1 is 0.923 bits per heavy atom. The molecule has 1 heterocycles. The second kappa shape index (κ2) is 16.3.